The SMILES string of the molecule is N#CCn1[nH]nnc1=S.[H-].[Na+]. The summed E-state index contributed by atoms with van der Waals surface area (Å²) in [5.41, 5.74) is 0. The van der Waals surface area contributed by atoms with Crippen LogP contribution >= 0.6 is 12.2 Å². The van der Waals surface area contributed by atoms with Gasteiger partial charge in [-0.15, -0.1) is 0 Å². The molecule has 7 heteroatoms. The number of rotatable bonds is 1. The molecule has 0 aliphatic rings. The number of tetrazole rings is 1. The minimum Gasteiger partial charge on any atom is -1.00 e. The van der Waals surface area contributed by atoms with Crippen LogP contribution in [0.4, 0.5) is 0 Å². The normalized spacial score (nSPS) is 7.90. The molecule has 1 heterocycles. The Kier molecular flexibility index (Phi) is 4.47. The van der Waals surface area contributed by atoms with E-state index in [1.165, 1.54) is 4.68 Å². The first-order chi connectivity index (χ1) is 4.34. The van der Waals surface area contributed by atoms with Crippen LogP contribution in [0.25, 0.3) is 0 Å². The molecule has 0 aliphatic carbocycles. The van der Waals surface area contributed by atoms with E-state index in [2.05, 4.69) is 27.7 Å². The maximum Gasteiger partial charge on any atom is 1.00 e. The van der Waals surface area contributed by atoms with Gasteiger partial charge in [0.05, 0.1) is 6.07 Å². The van der Waals surface area contributed by atoms with Crippen molar-refractivity contribution < 1.29 is 31.0 Å². The summed E-state index contributed by atoms with van der Waals surface area (Å²) in [5.74, 6) is 0. The van der Waals surface area contributed by atoms with E-state index in [1.54, 1.807) is 0 Å². The zero-order chi connectivity index (χ0) is 6.69. The van der Waals surface area contributed by atoms with E-state index >= 15 is 0 Å². The van der Waals surface area contributed by atoms with Crippen LogP contribution in [0.5, 0.6) is 0 Å². The molecule has 5 nitrogen and oxygen atoms in total. The van der Waals surface area contributed by atoms with Crippen molar-refractivity contribution in [3.63, 3.8) is 0 Å². The molecule has 0 amide bonds. The molecule has 0 spiro atoms. The Hall–Kier alpha value is -0.220. The number of aromatic nitrogens is 4. The van der Waals surface area contributed by atoms with Gasteiger partial charge >= 0.3 is 29.6 Å². The van der Waals surface area contributed by atoms with Crippen LogP contribution in [0.1, 0.15) is 1.43 Å². The molecule has 0 bridgehead atoms. The fourth-order valence-electron chi connectivity index (χ4n) is 0.390. The third kappa shape index (κ3) is 2.19. The van der Waals surface area contributed by atoms with E-state index in [0.717, 1.165) is 0 Å². The number of hydrogen-bond donors (Lipinski definition) is 1. The smallest absolute Gasteiger partial charge is 1.00 e. The minimum atomic E-state index is 0. The average molecular weight is 165 g/mol. The molecule has 48 valence electrons. The molecular formula is C3H4N5NaS. The summed E-state index contributed by atoms with van der Waals surface area (Å²) in [6.07, 6.45) is 0. The molecule has 0 aliphatic heterocycles. The zero-order valence-corrected chi connectivity index (χ0v) is 8.22. The largest absolute Gasteiger partial charge is 1.00 e. The fourth-order valence-corrected chi connectivity index (χ4v) is 0.536. The topological polar surface area (TPSA) is 70.3 Å². The molecule has 0 radical (unpaired) electrons. The molecule has 0 saturated heterocycles. The Morgan fingerprint density at radius 3 is 3.00 bits per heavy atom. The molecule has 0 atom stereocenters. The van der Waals surface area contributed by atoms with Crippen molar-refractivity contribution in [1.82, 2.24) is 20.2 Å². The second-order valence-corrected chi connectivity index (χ2v) is 1.69. The second-order valence-electron chi connectivity index (χ2n) is 1.33. The molecule has 0 saturated carbocycles. The van der Waals surface area contributed by atoms with Gasteiger partial charge in [0.2, 0.25) is 4.77 Å². The second kappa shape index (κ2) is 4.57. The van der Waals surface area contributed by atoms with Crippen LogP contribution in [0.3, 0.4) is 0 Å². The number of hydrogen-bond acceptors (Lipinski definition) is 4. The van der Waals surface area contributed by atoms with E-state index in [1.807, 2.05) is 6.07 Å². The summed E-state index contributed by atoms with van der Waals surface area (Å²) in [7, 11) is 0. The van der Waals surface area contributed by atoms with Gasteiger partial charge in [-0.3, -0.25) is 0 Å². The summed E-state index contributed by atoms with van der Waals surface area (Å²) >= 11 is 4.66. The maximum atomic E-state index is 8.17. The maximum absolute atomic E-state index is 8.17. The molecular weight excluding hydrogens is 161 g/mol. The van der Waals surface area contributed by atoms with E-state index in [9.17, 15) is 0 Å². The van der Waals surface area contributed by atoms with Gasteiger partial charge in [0, 0.05) is 0 Å². The van der Waals surface area contributed by atoms with Crippen LogP contribution in [-0.2, 0) is 6.54 Å². The standard InChI is InChI=1S/C3H3N5S.Na.H/c4-1-2-8-3(9)5-6-7-8;;/h2H2,(H,5,7,9);;/q;+1;-1. The Balaban J connectivity index is 0. The van der Waals surface area contributed by atoms with E-state index in [-0.39, 0.29) is 37.5 Å². The Morgan fingerprint density at radius 2 is 2.60 bits per heavy atom. The summed E-state index contributed by atoms with van der Waals surface area (Å²) in [4.78, 5) is 0. The molecule has 1 N–H and O–H groups in total. The summed E-state index contributed by atoms with van der Waals surface area (Å²) in [6, 6.07) is 1.90. The third-order valence-corrected chi connectivity index (χ3v) is 1.06. The van der Waals surface area contributed by atoms with E-state index in [4.69, 9.17) is 5.26 Å². The number of nitrogens with one attached hydrogen (secondary N) is 1. The molecule has 0 aromatic carbocycles. The average Bonchev–Trinajstić information content (AvgIpc) is 2.18. The number of H-pyrrole nitrogens is 1. The predicted molar refractivity (Wildman–Crippen MR) is 31.9 cm³/mol. The minimum absolute atomic E-state index is 0. The van der Waals surface area contributed by atoms with Gasteiger partial charge in [0.1, 0.15) is 6.54 Å². The number of nitrogens with zero attached hydrogens (tertiary/aromatic N) is 4. The Morgan fingerprint density at radius 1 is 1.90 bits per heavy atom. The van der Waals surface area contributed by atoms with Crippen LogP contribution in [0.2, 0.25) is 0 Å². The van der Waals surface area contributed by atoms with Crippen molar-refractivity contribution in [2.75, 3.05) is 0 Å². The van der Waals surface area contributed by atoms with Crippen molar-refractivity contribution in [3.8, 4) is 6.07 Å². The van der Waals surface area contributed by atoms with Gasteiger partial charge in [-0.05, 0) is 12.2 Å². The Labute approximate surface area is 85.8 Å². The van der Waals surface area contributed by atoms with Crippen LogP contribution in [-0.4, -0.2) is 20.2 Å². The van der Waals surface area contributed by atoms with Crippen molar-refractivity contribution in [2.45, 2.75) is 6.54 Å². The van der Waals surface area contributed by atoms with Crippen molar-refractivity contribution >= 4 is 12.2 Å². The zero-order valence-electron chi connectivity index (χ0n) is 6.40. The fraction of sp³-hybridized carbons (Fsp3) is 0.333. The first kappa shape index (κ1) is 9.78. The molecule has 0 unspecified atom stereocenters. The first-order valence-electron chi connectivity index (χ1n) is 2.19. The van der Waals surface area contributed by atoms with Crippen LogP contribution < -0.4 is 29.6 Å². The van der Waals surface area contributed by atoms with Gasteiger partial charge in [-0.2, -0.15) is 10.5 Å². The van der Waals surface area contributed by atoms with E-state index < -0.39 is 0 Å². The number of nitriles is 1. The van der Waals surface area contributed by atoms with Crippen molar-refractivity contribution in [2.24, 2.45) is 0 Å². The first-order valence-corrected chi connectivity index (χ1v) is 2.60. The summed E-state index contributed by atoms with van der Waals surface area (Å²) < 4.78 is 1.67. The van der Waals surface area contributed by atoms with Gasteiger partial charge in [-0.1, -0.05) is 10.3 Å². The van der Waals surface area contributed by atoms with Gasteiger partial charge in [0.25, 0.3) is 0 Å². The van der Waals surface area contributed by atoms with Gasteiger partial charge < -0.3 is 1.43 Å². The van der Waals surface area contributed by atoms with Gasteiger partial charge in [0.15, 0.2) is 0 Å². The predicted octanol–water partition coefficient (Wildman–Crippen LogP) is -3.02. The van der Waals surface area contributed by atoms with Crippen LogP contribution in [0, 0.1) is 16.1 Å². The third-order valence-electron chi connectivity index (χ3n) is 0.761. The van der Waals surface area contributed by atoms with E-state index in [0.29, 0.717) is 4.77 Å². The molecule has 0 fully saturated rings. The van der Waals surface area contributed by atoms with Crippen molar-refractivity contribution in [3.05, 3.63) is 4.77 Å². The monoisotopic (exact) mass is 165 g/mol. The molecule has 1 aromatic rings. The molecule has 1 aromatic heterocycles. The number of aromatic amines is 1. The quantitative estimate of drug-likeness (QED) is 0.355. The Bertz CT molecular complexity index is 286. The van der Waals surface area contributed by atoms with Crippen LogP contribution in [0.15, 0.2) is 0 Å². The van der Waals surface area contributed by atoms with Gasteiger partial charge in [-0.25, -0.2) is 4.68 Å². The van der Waals surface area contributed by atoms with Crippen molar-refractivity contribution in [1.29, 1.82) is 5.26 Å². The molecule has 1 rings (SSSR count). The summed E-state index contributed by atoms with van der Waals surface area (Å²) in [5, 5.41) is 17.4. The molecule has 10 heavy (non-hydrogen) atoms. The summed E-state index contributed by atoms with van der Waals surface area (Å²) in [6.45, 7) is 0.172.